The predicted molar refractivity (Wildman–Crippen MR) is 112 cm³/mol. The van der Waals surface area contributed by atoms with Crippen LogP contribution in [0.25, 0.3) is 11.1 Å². The Labute approximate surface area is 178 Å². The molecule has 2 aliphatic heterocycles. The minimum absolute atomic E-state index is 0.168. The van der Waals surface area contributed by atoms with Gasteiger partial charge in [-0.1, -0.05) is 6.07 Å². The van der Waals surface area contributed by atoms with Crippen molar-refractivity contribution in [2.24, 2.45) is 0 Å². The molecular formula is C21H26N4O6. The van der Waals surface area contributed by atoms with E-state index in [1.165, 1.54) is 4.57 Å². The van der Waals surface area contributed by atoms with Crippen LogP contribution in [0.3, 0.4) is 0 Å². The maximum atomic E-state index is 12.6. The van der Waals surface area contributed by atoms with Gasteiger partial charge in [0.25, 0.3) is 0 Å². The van der Waals surface area contributed by atoms with Crippen LogP contribution < -0.4 is 16.0 Å². The molecule has 1 aromatic carbocycles. The molecule has 166 valence electrons. The van der Waals surface area contributed by atoms with E-state index in [1.807, 2.05) is 31.7 Å². The number of rotatable bonds is 2. The average Bonchev–Trinajstić information content (AvgIpc) is 3.03. The number of piperidine rings is 1. The first-order valence-electron chi connectivity index (χ1n) is 10.3. The van der Waals surface area contributed by atoms with Gasteiger partial charge in [0.05, 0.1) is 11.2 Å². The molecule has 10 nitrogen and oxygen atoms in total. The maximum Gasteiger partial charge on any atom is 0.420 e. The minimum Gasteiger partial charge on any atom is -0.444 e. The average molecular weight is 430 g/mol. The van der Waals surface area contributed by atoms with Crippen molar-refractivity contribution in [3.63, 3.8) is 0 Å². The number of hydrogen-bond donors (Lipinski definition) is 1. The number of hydrogen-bond acceptors (Lipinski definition) is 7. The van der Waals surface area contributed by atoms with E-state index in [0.717, 1.165) is 5.69 Å². The molecule has 2 fully saturated rings. The van der Waals surface area contributed by atoms with Crippen LogP contribution in [-0.2, 0) is 14.3 Å². The van der Waals surface area contributed by atoms with Gasteiger partial charge in [0, 0.05) is 32.6 Å². The first-order chi connectivity index (χ1) is 14.6. The second-order valence-corrected chi connectivity index (χ2v) is 8.78. The van der Waals surface area contributed by atoms with Gasteiger partial charge in [-0.3, -0.25) is 19.5 Å². The fraction of sp³-hybridized carbons (Fsp3) is 0.524. The number of carbonyl (C=O) groups is 3. The largest absolute Gasteiger partial charge is 0.444 e. The number of oxazole rings is 1. The summed E-state index contributed by atoms with van der Waals surface area (Å²) in [6.45, 7) is 7.54. The molecule has 0 radical (unpaired) electrons. The Kier molecular flexibility index (Phi) is 5.24. The van der Waals surface area contributed by atoms with E-state index in [4.69, 9.17) is 9.15 Å². The van der Waals surface area contributed by atoms with E-state index < -0.39 is 23.3 Å². The van der Waals surface area contributed by atoms with Gasteiger partial charge in [-0.15, -0.1) is 0 Å². The molecule has 3 heterocycles. The SMILES string of the molecule is CC(C)(C)OC(=O)N1CCN(c2cccc3c2oc(=O)n3C2CCC(=O)NC2=O)CC1. The number of nitrogens with zero attached hydrogens (tertiary/aromatic N) is 3. The number of fused-ring (bicyclic) bond motifs is 1. The highest BCUT2D eigenvalue weighted by atomic mass is 16.6. The van der Waals surface area contributed by atoms with Crippen molar-refractivity contribution in [3.05, 3.63) is 28.7 Å². The van der Waals surface area contributed by atoms with E-state index in [2.05, 4.69) is 5.32 Å². The summed E-state index contributed by atoms with van der Waals surface area (Å²) in [5.74, 6) is -1.48. The Bertz CT molecular complexity index is 1090. The molecular weight excluding hydrogens is 404 g/mol. The lowest BCUT2D eigenvalue weighted by molar-refractivity contribution is -0.135. The normalized spacial score (nSPS) is 20.2. The van der Waals surface area contributed by atoms with Crippen LogP contribution in [0.2, 0.25) is 0 Å². The van der Waals surface area contributed by atoms with Gasteiger partial charge in [0.1, 0.15) is 11.6 Å². The molecule has 1 unspecified atom stereocenters. The van der Waals surface area contributed by atoms with Crippen molar-refractivity contribution < 1.29 is 23.5 Å². The third kappa shape index (κ3) is 4.14. The molecule has 1 aromatic heterocycles. The quantitative estimate of drug-likeness (QED) is 0.720. The number of imide groups is 1. The van der Waals surface area contributed by atoms with Gasteiger partial charge < -0.3 is 19.0 Å². The molecule has 1 N–H and O–H groups in total. The lowest BCUT2D eigenvalue weighted by Crippen LogP contribution is -2.50. The Morgan fingerprint density at radius 3 is 2.48 bits per heavy atom. The fourth-order valence-electron chi connectivity index (χ4n) is 3.97. The second kappa shape index (κ2) is 7.75. The summed E-state index contributed by atoms with van der Waals surface area (Å²) in [7, 11) is 0. The van der Waals surface area contributed by atoms with Crippen LogP contribution in [0.1, 0.15) is 39.7 Å². The third-order valence-corrected chi connectivity index (χ3v) is 5.41. The summed E-state index contributed by atoms with van der Waals surface area (Å²) in [5, 5.41) is 2.28. The van der Waals surface area contributed by atoms with Crippen LogP contribution in [-0.4, -0.2) is 59.2 Å². The highest BCUT2D eigenvalue weighted by Crippen LogP contribution is 2.30. The molecule has 2 aromatic rings. The number of ether oxygens (including phenoxy) is 1. The first-order valence-corrected chi connectivity index (χ1v) is 10.3. The predicted octanol–water partition coefficient (Wildman–Crippen LogP) is 1.63. The van der Waals surface area contributed by atoms with Crippen LogP contribution in [0.15, 0.2) is 27.4 Å². The highest BCUT2D eigenvalue weighted by molar-refractivity contribution is 6.00. The minimum atomic E-state index is -0.786. The van der Waals surface area contributed by atoms with E-state index in [1.54, 1.807) is 17.0 Å². The van der Waals surface area contributed by atoms with E-state index in [-0.39, 0.29) is 24.8 Å². The molecule has 0 bridgehead atoms. The molecule has 3 amide bonds. The topological polar surface area (TPSA) is 114 Å². The number of carbonyl (C=O) groups excluding carboxylic acids is 3. The summed E-state index contributed by atoms with van der Waals surface area (Å²) >= 11 is 0. The van der Waals surface area contributed by atoms with Gasteiger partial charge in [0.15, 0.2) is 5.58 Å². The molecule has 0 spiro atoms. The van der Waals surface area contributed by atoms with Crippen molar-refractivity contribution in [2.75, 3.05) is 31.1 Å². The lowest BCUT2D eigenvalue weighted by atomic mass is 10.1. The van der Waals surface area contributed by atoms with Gasteiger partial charge in [-0.05, 0) is 39.3 Å². The monoisotopic (exact) mass is 430 g/mol. The number of piperazine rings is 1. The van der Waals surface area contributed by atoms with Gasteiger partial charge in [0.2, 0.25) is 11.8 Å². The number of nitrogens with one attached hydrogen (secondary N) is 1. The third-order valence-electron chi connectivity index (χ3n) is 5.41. The number of anilines is 1. The summed E-state index contributed by atoms with van der Waals surface area (Å²) in [6.07, 6.45) is 0.0701. The van der Waals surface area contributed by atoms with Gasteiger partial charge >= 0.3 is 11.8 Å². The van der Waals surface area contributed by atoms with Gasteiger partial charge in [-0.2, -0.15) is 0 Å². The molecule has 10 heteroatoms. The van der Waals surface area contributed by atoms with Crippen LogP contribution in [0.4, 0.5) is 10.5 Å². The number of amides is 3. The number of para-hydroxylation sites is 1. The van der Waals surface area contributed by atoms with Crippen LogP contribution >= 0.6 is 0 Å². The molecule has 1 atom stereocenters. The summed E-state index contributed by atoms with van der Waals surface area (Å²) in [5.41, 5.74) is 1.07. The Hall–Kier alpha value is -3.30. The van der Waals surface area contributed by atoms with E-state index in [0.29, 0.717) is 37.3 Å². The van der Waals surface area contributed by atoms with Crippen molar-refractivity contribution >= 4 is 34.7 Å². The molecule has 4 rings (SSSR count). The Morgan fingerprint density at radius 2 is 1.84 bits per heavy atom. The molecule has 0 saturated carbocycles. The Balaban J connectivity index is 1.57. The zero-order valence-electron chi connectivity index (χ0n) is 17.8. The summed E-state index contributed by atoms with van der Waals surface area (Å²) in [6, 6.07) is 4.59. The molecule has 31 heavy (non-hydrogen) atoms. The van der Waals surface area contributed by atoms with Crippen molar-refractivity contribution in [1.29, 1.82) is 0 Å². The van der Waals surface area contributed by atoms with Crippen molar-refractivity contribution in [2.45, 2.75) is 45.3 Å². The van der Waals surface area contributed by atoms with Crippen LogP contribution in [0, 0.1) is 0 Å². The zero-order valence-corrected chi connectivity index (χ0v) is 17.8. The second-order valence-electron chi connectivity index (χ2n) is 8.78. The van der Waals surface area contributed by atoms with Crippen LogP contribution in [0.5, 0.6) is 0 Å². The van der Waals surface area contributed by atoms with Gasteiger partial charge in [-0.25, -0.2) is 9.59 Å². The smallest absolute Gasteiger partial charge is 0.420 e. The first kappa shape index (κ1) is 21.0. The van der Waals surface area contributed by atoms with E-state index in [9.17, 15) is 19.2 Å². The highest BCUT2D eigenvalue weighted by Gasteiger charge is 2.32. The summed E-state index contributed by atoms with van der Waals surface area (Å²) < 4.78 is 12.3. The molecule has 0 aliphatic carbocycles. The molecule has 2 saturated heterocycles. The number of aromatic nitrogens is 1. The lowest BCUT2D eigenvalue weighted by Gasteiger charge is -2.36. The van der Waals surface area contributed by atoms with Crippen molar-refractivity contribution in [3.8, 4) is 0 Å². The zero-order chi connectivity index (χ0) is 22.3. The molecule has 2 aliphatic rings. The number of benzene rings is 1. The standard InChI is InChI=1S/C21H26N4O6/c1-21(2,3)31-19(28)24-11-9-23(10-12-24)13-5-4-6-14-17(13)30-20(29)25(14)15-7-8-16(26)22-18(15)27/h4-6,15H,7-12H2,1-3H3,(H,22,26,27). The maximum absolute atomic E-state index is 12.6. The summed E-state index contributed by atoms with van der Waals surface area (Å²) in [4.78, 5) is 52.4. The van der Waals surface area contributed by atoms with Crippen molar-refractivity contribution in [1.82, 2.24) is 14.8 Å². The fourth-order valence-corrected chi connectivity index (χ4v) is 3.97. The van der Waals surface area contributed by atoms with E-state index >= 15 is 0 Å². The Morgan fingerprint density at radius 1 is 1.13 bits per heavy atom.